The number of ether oxygens (including phenoxy) is 1. The van der Waals surface area contributed by atoms with Crippen LogP contribution in [0.25, 0.3) is 22.6 Å². The Labute approximate surface area is 204 Å². The lowest BCUT2D eigenvalue weighted by Crippen LogP contribution is -2.30. The molecular weight excluding hydrogens is 498 g/mol. The molecule has 2 aliphatic rings. The molecule has 2 atom stereocenters. The van der Waals surface area contributed by atoms with Gasteiger partial charge in [-0.2, -0.15) is 4.80 Å². The molecule has 2 fully saturated rings. The van der Waals surface area contributed by atoms with Gasteiger partial charge in [0, 0.05) is 17.3 Å². The fraction of sp³-hybridized carbons (Fsp3) is 0.381. The van der Waals surface area contributed by atoms with Gasteiger partial charge in [0.05, 0.1) is 24.4 Å². The number of nitrogens with zero attached hydrogens (tertiary/aromatic N) is 6. The molecule has 1 saturated heterocycles. The number of carbonyl (C=O) groups is 1. The Morgan fingerprint density at radius 2 is 1.94 bits per heavy atom. The number of carbonyl (C=O) groups excluding carboxylic acids is 1. The first kappa shape index (κ1) is 25.8. The summed E-state index contributed by atoms with van der Waals surface area (Å²) >= 11 is 0. The highest BCUT2D eigenvalue weighted by Gasteiger charge is 2.36. The number of amides is 1. The molecule has 13 nitrogen and oxygen atoms in total. The van der Waals surface area contributed by atoms with Gasteiger partial charge in [0.15, 0.2) is 0 Å². The van der Waals surface area contributed by atoms with Crippen LogP contribution in [-0.2, 0) is 9.30 Å². The zero-order valence-corrected chi connectivity index (χ0v) is 19.9. The Balaban J connectivity index is 0.000000556. The zero-order valence-electron chi connectivity index (χ0n) is 19.0. The number of hydrogen-bond acceptors (Lipinski definition) is 8. The van der Waals surface area contributed by atoms with Gasteiger partial charge in [0.25, 0.3) is 0 Å². The van der Waals surface area contributed by atoms with E-state index in [0.717, 1.165) is 12.8 Å². The van der Waals surface area contributed by atoms with E-state index < -0.39 is 31.9 Å². The van der Waals surface area contributed by atoms with Crippen LogP contribution < -0.4 is 4.90 Å². The van der Waals surface area contributed by atoms with Gasteiger partial charge < -0.3 is 24.5 Å². The molecule has 1 aliphatic carbocycles. The average Bonchev–Trinajstić information content (AvgIpc) is 3.42. The molecule has 4 N–H and O–H groups in total. The molecule has 0 radical (unpaired) electrons. The van der Waals surface area contributed by atoms with E-state index in [-0.39, 0.29) is 6.54 Å². The second kappa shape index (κ2) is 10.4. The van der Waals surface area contributed by atoms with Crippen molar-refractivity contribution in [3.8, 4) is 22.6 Å². The van der Waals surface area contributed by atoms with Crippen LogP contribution in [0.4, 0.5) is 14.9 Å². The van der Waals surface area contributed by atoms with Crippen molar-refractivity contribution in [2.45, 2.75) is 44.4 Å². The van der Waals surface area contributed by atoms with E-state index >= 15 is 0 Å². The zero-order chi connectivity index (χ0) is 26.0. The average molecular weight is 522 g/mol. The number of aromatic nitrogens is 5. The lowest BCUT2D eigenvalue weighted by atomic mass is 10.1. The minimum absolute atomic E-state index is 0.178. The van der Waals surface area contributed by atoms with Crippen molar-refractivity contribution in [1.82, 2.24) is 25.2 Å². The first-order valence-corrected chi connectivity index (χ1v) is 12.6. The molecule has 1 aliphatic heterocycles. The number of phosphoric acid groups is 1. The van der Waals surface area contributed by atoms with Gasteiger partial charge >= 0.3 is 13.9 Å². The lowest BCUT2D eigenvalue weighted by molar-refractivity contribution is 0.0308. The normalized spacial score (nSPS) is 18.4. The minimum atomic E-state index is -4.64. The van der Waals surface area contributed by atoms with Gasteiger partial charge in [-0.1, -0.05) is 13.0 Å². The van der Waals surface area contributed by atoms with E-state index in [2.05, 4.69) is 20.4 Å². The van der Waals surface area contributed by atoms with E-state index in [1.807, 2.05) is 0 Å². The Kier molecular flexibility index (Phi) is 7.43. The number of pyridine rings is 1. The number of aliphatic hydroxyl groups is 1. The van der Waals surface area contributed by atoms with Crippen LogP contribution in [0.3, 0.4) is 0 Å². The number of benzene rings is 1. The molecule has 0 bridgehead atoms. The third-order valence-electron chi connectivity index (χ3n) is 5.55. The highest BCUT2D eigenvalue weighted by Crippen LogP contribution is 2.33. The summed E-state index contributed by atoms with van der Waals surface area (Å²) in [7, 11) is -4.64. The van der Waals surface area contributed by atoms with Crippen LogP contribution in [0.2, 0.25) is 0 Å². The van der Waals surface area contributed by atoms with E-state index in [4.69, 9.17) is 24.0 Å². The highest BCUT2D eigenvalue weighted by molar-refractivity contribution is 7.45. The summed E-state index contributed by atoms with van der Waals surface area (Å²) in [5.74, 6) is -0.0530. The third kappa shape index (κ3) is 6.28. The van der Waals surface area contributed by atoms with Gasteiger partial charge in [0.1, 0.15) is 17.6 Å². The summed E-state index contributed by atoms with van der Waals surface area (Å²) < 4.78 is 28.9. The first-order chi connectivity index (χ1) is 17.0. The van der Waals surface area contributed by atoms with E-state index in [0.29, 0.717) is 40.8 Å². The van der Waals surface area contributed by atoms with E-state index in [9.17, 15) is 14.3 Å². The lowest BCUT2D eigenvalue weighted by Gasteiger charge is -2.16. The molecule has 36 heavy (non-hydrogen) atoms. The SMILES string of the molecule is CCC(O)[C@@H]1CN(c2ccc(-c3ccc(-c4nnn(C5CC5)n4)nc3)c(F)c2)C(=O)O1.O=P(O)(O)O. The topological polar surface area (TPSA) is 184 Å². The molecule has 192 valence electrons. The van der Waals surface area contributed by atoms with Crippen molar-refractivity contribution in [2.24, 2.45) is 0 Å². The molecule has 1 amide bonds. The first-order valence-electron chi connectivity index (χ1n) is 11.0. The quantitative estimate of drug-likeness (QED) is 0.347. The van der Waals surface area contributed by atoms with Crippen molar-refractivity contribution in [1.29, 1.82) is 0 Å². The fourth-order valence-electron chi connectivity index (χ4n) is 3.54. The number of aliphatic hydroxyl groups excluding tert-OH is 1. The number of anilines is 1. The Morgan fingerprint density at radius 3 is 2.53 bits per heavy atom. The van der Waals surface area contributed by atoms with E-state index in [1.165, 1.54) is 11.0 Å². The van der Waals surface area contributed by atoms with Crippen LogP contribution in [-0.4, -0.2) is 69.8 Å². The number of cyclic esters (lactones) is 1. The van der Waals surface area contributed by atoms with Gasteiger partial charge in [-0.25, -0.2) is 13.8 Å². The molecule has 1 unspecified atom stereocenters. The number of tetrazole rings is 1. The summed E-state index contributed by atoms with van der Waals surface area (Å²) in [5.41, 5.74) is 1.89. The molecule has 1 saturated carbocycles. The van der Waals surface area contributed by atoms with Crippen LogP contribution in [0.1, 0.15) is 32.2 Å². The third-order valence-corrected chi connectivity index (χ3v) is 5.55. The predicted octanol–water partition coefficient (Wildman–Crippen LogP) is 2.04. The minimum Gasteiger partial charge on any atom is -0.441 e. The van der Waals surface area contributed by atoms with Crippen molar-refractivity contribution in [3.05, 3.63) is 42.3 Å². The number of hydrogen-bond donors (Lipinski definition) is 4. The summed E-state index contributed by atoms with van der Waals surface area (Å²) in [6.07, 6.45) is 2.19. The molecule has 3 aromatic rings. The predicted molar refractivity (Wildman–Crippen MR) is 123 cm³/mol. The smallest absolute Gasteiger partial charge is 0.441 e. The Hall–Kier alpha value is -3.29. The second-order valence-electron chi connectivity index (χ2n) is 8.28. The van der Waals surface area contributed by atoms with Gasteiger partial charge in [-0.3, -0.25) is 9.88 Å². The summed E-state index contributed by atoms with van der Waals surface area (Å²) in [5, 5.41) is 22.3. The van der Waals surface area contributed by atoms with Crippen molar-refractivity contribution in [2.75, 3.05) is 11.4 Å². The molecule has 2 aromatic heterocycles. The van der Waals surface area contributed by atoms with Crippen molar-refractivity contribution in [3.63, 3.8) is 0 Å². The number of rotatable bonds is 6. The molecule has 1 aromatic carbocycles. The Bertz CT molecular complexity index is 1270. The highest BCUT2D eigenvalue weighted by atomic mass is 31.2. The van der Waals surface area contributed by atoms with Crippen LogP contribution in [0.5, 0.6) is 0 Å². The van der Waals surface area contributed by atoms with E-state index in [1.54, 1.807) is 42.2 Å². The maximum absolute atomic E-state index is 14.9. The van der Waals surface area contributed by atoms with Gasteiger partial charge in [-0.05, 0) is 48.7 Å². The van der Waals surface area contributed by atoms with Crippen LogP contribution in [0.15, 0.2) is 36.5 Å². The van der Waals surface area contributed by atoms with Crippen molar-refractivity contribution < 1.29 is 38.3 Å². The molecule has 3 heterocycles. The largest absolute Gasteiger partial charge is 0.466 e. The fourth-order valence-corrected chi connectivity index (χ4v) is 3.54. The second-order valence-corrected chi connectivity index (χ2v) is 9.31. The Morgan fingerprint density at radius 1 is 1.22 bits per heavy atom. The number of halogens is 1. The standard InChI is InChI=1S/C21H21FN6O3.H3O4P/c1-2-18(29)19-11-27(21(30)31-19)14-6-7-15(16(22)9-14)12-3-8-17(23-10-12)20-24-26-28(25-20)13-4-5-13;1-5(2,3)4/h3,6-10,13,18-19,29H,2,4-5,11H2,1H3;(H3,1,2,3,4)/t18?,19-;/m0./s1. The van der Waals surface area contributed by atoms with Crippen LogP contribution in [0, 0.1) is 5.82 Å². The molecule has 0 spiro atoms. The summed E-state index contributed by atoms with van der Waals surface area (Å²) in [6, 6.07) is 8.34. The summed E-state index contributed by atoms with van der Waals surface area (Å²) in [4.78, 5) is 41.0. The maximum atomic E-state index is 14.9. The summed E-state index contributed by atoms with van der Waals surface area (Å²) in [6.45, 7) is 1.98. The molecular formula is C21H24FN6O7P. The monoisotopic (exact) mass is 522 g/mol. The van der Waals surface area contributed by atoms with Gasteiger partial charge in [-0.15, -0.1) is 10.2 Å². The van der Waals surface area contributed by atoms with Gasteiger partial charge in [0.2, 0.25) is 5.82 Å². The molecule has 5 rings (SSSR count). The van der Waals surface area contributed by atoms with Crippen LogP contribution >= 0.6 is 7.82 Å². The maximum Gasteiger partial charge on any atom is 0.466 e. The van der Waals surface area contributed by atoms with Crippen molar-refractivity contribution >= 4 is 19.6 Å². The molecule has 15 heteroatoms.